The highest BCUT2D eigenvalue weighted by Crippen LogP contribution is 2.25. The van der Waals surface area contributed by atoms with Crippen LogP contribution < -0.4 is 11.1 Å². The second-order valence-corrected chi connectivity index (χ2v) is 5.58. The second-order valence-electron chi connectivity index (χ2n) is 5.58. The fraction of sp³-hybridized carbons (Fsp3) is 0.263. The molecule has 2 aromatic carbocycles. The molecular formula is C19H22N2O3. The summed E-state index contributed by atoms with van der Waals surface area (Å²) >= 11 is 0. The van der Waals surface area contributed by atoms with Gasteiger partial charge in [0.2, 0.25) is 11.8 Å². The average molecular weight is 326 g/mol. The number of aliphatic hydroxyl groups is 1. The number of hydrogen-bond acceptors (Lipinski definition) is 3. The molecule has 0 spiro atoms. The number of hydrogen-bond donors (Lipinski definition) is 3. The van der Waals surface area contributed by atoms with Gasteiger partial charge in [0.25, 0.3) is 0 Å². The molecule has 0 bridgehead atoms. The second kappa shape index (κ2) is 8.84. The summed E-state index contributed by atoms with van der Waals surface area (Å²) < 4.78 is 0. The summed E-state index contributed by atoms with van der Waals surface area (Å²) in [5.74, 6) is -1.41. The molecular weight excluding hydrogens is 304 g/mol. The molecule has 0 aromatic heterocycles. The van der Waals surface area contributed by atoms with Crippen LogP contribution in [0.3, 0.4) is 0 Å². The molecule has 0 saturated carbocycles. The number of nitrogens with two attached hydrogens (primary N) is 1. The van der Waals surface area contributed by atoms with Crippen LogP contribution in [0.1, 0.15) is 29.9 Å². The first-order valence-corrected chi connectivity index (χ1v) is 7.94. The number of amides is 2. The lowest BCUT2D eigenvalue weighted by atomic mass is 9.90. The SMILES string of the molecule is NC(=O)[C@@H](CCCO)NC(=O)C(c1ccccc1)c1ccccc1. The molecule has 24 heavy (non-hydrogen) atoms. The molecule has 1 atom stereocenters. The first-order valence-electron chi connectivity index (χ1n) is 7.94. The summed E-state index contributed by atoms with van der Waals surface area (Å²) in [6, 6.07) is 18.0. The zero-order valence-electron chi connectivity index (χ0n) is 13.4. The number of nitrogens with one attached hydrogen (secondary N) is 1. The first kappa shape index (κ1) is 17.7. The molecule has 0 heterocycles. The lowest BCUT2D eigenvalue weighted by Crippen LogP contribution is -2.46. The highest BCUT2D eigenvalue weighted by atomic mass is 16.3. The molecule has 0 saturated heterocycles. The van der Waals surface area contributed by atoms with E-state index >= 15 is 0 Å². The smallest absolute Gasteiger partial charge is 0.240 e. The van der Waals surface area contributed by atoms with Gasteiger partial charge in [-0.15, -0.1) is 0 Å². The molecule has 2 aromatic rings. The van der Waals surface area contributed by atoms with Crippen LogP contribution in [0.2, 0.25) is 0 Å². The van der Waals surface area contributed by atoms with Gasteiger partial charge in [-0.05, 0) is 24.0 Å². The molecule has 5 heteroatoms. The summed E-state index contributed by atoms with van der Waals surface area (Å²) in [7, 11) is 0. The molecule has 5 nitrogen and oxygen atoms in total. The number of benzene rings is 2. The van der Waals surface area contributed by atoms with Crippen molar-refractivity contribution in [2.45, 2.75) is 24.8 Å². The van der Waals surface area contributed by atoms with E-state index in [1.54, 1.807) is 0 Å². The molecule has 0 unspecified atom stereocenters. The van der Waals surface area contributed by atoms with E-state index in [0.717, 1.165) is 11.1 Å². The zero-order valence-corrected chi connectivity index (χ0v) is 13.4. The lowest BCUT2D eigenvalue weighted by Gasteiger charge is -2.21. The van der Waals surface area contributed by atoms with Crippen molar-refractivity contribution in [1.82, 2.24) is 5.32 Å². The standard InChI is InChI=1S/C19H22N2O3/c20-18(23)16(12-7-13-22)21-19(24)17(14-8-3-1-4-9-14)15-10-5-2-6-11-15/h1-6,8-11,16-17,22H,7,12-13H2,(H2,20,23)(H,21,24)/t16-/m1/s1. The largest absolute Gasteiger partial charge is 0.396 e. The Labute approximate surface area is 141 Å². The molecule has 4 N–H and O–H groups in total. The van der Waals surface area contributed by atoms with Crippen molar-refractivity contribution in [3.8, 4) is 0 Å². The molecule has 126 valence electrons. The summed E-state index contributed by atoms with van der Waals surface area (Å²) in [4.78, 5) is 24.4. The summed E-state index contributed by atoms with van der Waals surface area (Å²) in [5.41, 5.74) is 7.05. The molecule has 0 aliphatic rings. The Morgan fingerprint density at radius 2 is 1.46 bits per heavy atom. The van der Waals surface area contributed by atoms with Crippen LogP contribution >= 0.6 is 0 Å². The third-order valence-corrected chi connectivity index (χ3v) is 3.84. The molecule has 0 radical (unpaired) electrons. The van der Waals surface area contributed by atoms with Gasteiger partial charge in [0.15, 0.2) is 0 Å². The minimum atomic E-state index is -0.792. The number of primary amides is 1. The van der Waals surface area contributed by atoms with E-state index in [9.17, 15) is 9.59 Å². The van der Waals surface area contributed by atoms with Crippen molar-refractivity contribution in [3.63, 3.8) is 0 Å². The Kier molecular flexibility index (Phi) is 6.51. The summed E-state index contributed by atoms with van der Waals surface area (Å²) in [6.45, 7) is -0.0551. The first-order chi connectivity index (χ1) is 11.6. The Morgan fingerprint density at radius 3 is 1.88 bits per heavy atom. The van der Waals surface area contributed by atoms with E-state index in [1.165, 1.54) is 0 Å². The Hall–Kier alpha value is -2.66. The number of aliphatic hydroxyl groups excluding tert-OH is 1. The van der Waals surface area contributed by atoms with E-state index in [2.05, 4.69) is 5.32 Å². The van der Waals surface area contributed by atoms with Crippen molar-refractivity contribution in [2.24, 2.45) is 5.73 Å². The summed E-state index contributed by atoms with van der Waals surface area (Å²) in [6.07, 6.45) is 0.711. The fourth-order valence-electron chi connectivity index (χ4n) is 2.62. The number of carbonyl (C=O) groups excluding carboxylic acids is 2. The van der Waals surface area contributed by atoms with Gasteiger partial charge in [-0.25, -0.2) is 0 Å². The third kappa shape index (κ3) is 4.67. The van der Waals surface area contributed by atoms with Gasteiger partial charge in [0.1, 0.15) is 6.04 Å². The minimum absolute atomic E-state index is 0.0551. The van der Waals surface area contributed by atoms with Gasteiger partial charge in [-0.2, -0.15) is 0 Å². The Balaban J connectivity index is 2.26. The fourth-order valence-corrected chi connectivity index (χ4v) is 2.62. The van der Waals surface area contributed by atoms with Crippen molar-refractivity contribution in [2.75, 3.05) is 6.61 Å². The molecule has 0 fully saturated rings. The van der Waals surface area contributed by atoms with E-state index in [-0.39, 0.29) is 12.5 Å². The number of carbonyl (C=O) groups is 2. The number of rotatable bonds is 8. The van der Waals surface area contributed by atoms with E-state index < -0.39 is 17.9 Å². The van der Waals surface area contributed by atoms with Crippen LogP contribution in [0.5, 0.6) is 0 Å². The van der Waals surface area contributed by atoms with Gasteiger partial charge < -0.3 is 16.2 Å². The molecule has 0 aliphatic heterocycles. The van der Waals surface area contributed by atoms with Crippen molar-refractivity contribution in [3.05, 3.63) is 71.8 Å². The van der Waals surface area contributed by atoms with Crippen LogP contribution in [0.25, 0.3) is 0 Å². The normalized spacial score (nSPS) is 11.9. The molecule has 0 aliphatic carbocycles. The highest BCUT2D eigenvalue weighted by molar-refractivity contribution is 5.91. The van der Waals surface area contributed by atoms with Crippen molar-refractivity contribution < 1.29 is 14.7 Å². The minimum Gasteiger partial charge on any atom is -0.396 e. The van der Waals surface area contributed by atoms with E-state index in [1.807, 2.05) is 60.7 Å². The van der Waals surface area contributed by atoms with Crippen LogP contribution in [-0.4, -0.2) is 29.6 Å². The highest BCUT2D eigenvalue weighted by Gasteiger charge is 2.26. The predicted octanol–water partition coefficient (Wildman–Crippen LogP) is 1.56. The van der Waals surface area contributed by atoms with Crippen LogP contribution in [0.15, 0.2) is 60.7 Å². The predicted molar refractivity (Wildman–Crippen MR) is 92.2 cm³/mol. The van der Waals surface area contributed by atoms with Gasteiger partial charge in [-0.1, -0.05) is 60.7 Å². The average Bonchev–Trinajstić information content (AvgIpc) is 2.60. The van der Waals surface area contributed by atoms with Gasteiger partial charge in [0, 0.05) is 6.61 Å². The maximum atomic E-state index is 12.8. The van der Waals surface area contributed by atoms with Crippen LogP contribution in [0.4, 0.5) is 0 Å². The zero-order chi connectivity index (χ0) is 17.4. The topological polar surface area (TPSA) is 92.4 Å². The Bertz CT molecular complexity index is 619. The monoisotopic (exact) mass is 326 g/mol. The molecule has 2 rings (SSSR count). The van der Waals surface area contributed by atoms with Gasteiger partial charge in [0.05, 0.1) is 5.92 Å². The van der Waals surface area contributed by atoms with Gasteiger partial charge in [-0.3, -0.25) is 9.59 Å². The Morgan fingerprint density at radius 1 is 0.958 bits per heavy atom. The maximum absolute atomic E-state index is 12.8. The van der Waals surface area contributed by atoms with Crippen molar-refractivity contribution in [1.29, 1.82) is 0 Å². The van der Waals surface area contributed by atoms with Crippen LogP contribution in [-0.2, 0) is 9.59 Å². The third-order valence-electron chi connectivity index (χ3n) is 3.84. The van der Waals surface area contributed by atoms with Crippen molar-refractivity contribution >= 4 is 11.8 Å². The quantitative estimate of drug-likeness (QED) is 0.687. The van der Waals surface area contributed by atoms with Gasteiger partial charge >= 0.3 is 0 Å². The maximum Gasteiger partial charge on any atom is 0.240 e. The van der Waals surface area contributed by atoms with Crippen LogP contribution in [0, 0.1) is 0 Å². The molecule has 2 amide bonds. The van der Waals surface area contributed by atoms with E-state index in [4.69, 9.17) is 10.8 Å². The lowest BCUT2D eigenvalue weighted by molar-refractivity contribution is -0.127. The van der Waals surface area contributed by atoms with E-state index in [0.29, 0.717) is 12.8 Å². The summed E-state index contributed by atoms with van der Waals surface area (Å²) in [5, 5.41) is 11.7.